The fraction of sp³-hybridized carbons (Fsp3) is 0.300. The molecule has 2 heterocycles. The quantitative estimate of drug-likeness (QED) is 0.944. The van der Waals surface area contributed by atoms with Crippen LogP contribution in [0.4, 0.5) is 0 Å². The van der Waals surface area contributed by atoms with E-state index >= 15 is 0 Å². The first-order valence-corrected chi connectivity index (χ1v) is 6.90. The second-order valence-corrected chi connectivity index (χ2v) is 6.40. The number of aryl methyl sites for hydroxylation is 2. The molecule has 0 atom stereocenters. The summed E-state index contributed by atoms with van der Waals surface area (Å²) in [6.07, 6.45) is 0. The van der Waals surface area contributed by atoms with Gasteiger partial charge in [0.2, 0.25) is 9.47 Å². The van der Waals surface area contributed by atoms with Gasteiger partial charge in [-0.25, -0.2) is 0 Å². The Kier molecular flexibility index (Phi) is 3.76. The maximum atomic E-state index is 11.7. The van der Waals surface area contributed by atoms with Crippen LogP contribution in [0.2, 0.25) is 4.47 Å². The number of nitrogens with one attached hydrogen (secondary N) is 1. The Morgan fingerprint density at radius 2 is 2.18 bits per heavy atom. The number of nitrogens with zero attached hydrogens (tertiary/aromatic N) is 2. The third-order valence-corrected chi connectivity index (χ3v) is 4.40. The Hall–Kier alpha value is -0.980. The van der Waals surface area contributed by atoms with Gasteiger partial charge in [0, 0.05) is 9.75 Å². The molecule has 0 saturated heterocycles. The van der Waals surface area contributed by atoms with Crippen LogP contribution in [0.3, 0.4) is 0 Å². The van der Waals surface area contributed by atoms with E-state index in [1.54, 1.807) is 11.3 Å². The van der Waals surface area contributed by atoms with Gasteiger partial charge in [0.1, 0.15) is 0 Å². The van der Waals surface area contributed by atoms with E-state index in [-0.39, 0.29) is 10.4 Å². The molecule has 0 aliphatic heterocycles. The first kappa shape index (κ1) is 12.5. The van der Waals surface area contributed by atoms with E-state index < -0.39 is 0 Å². The number of hydrogen-bond acceptors (Lipinski definition) is 5. The summed E-state index contributed by atoms with van der Waals surface area (Å²) in [5.74, 6) is -0.238. The third-order valence-electron chi connectivity index (χ3n) is 2.23. The average molecular weight is 288 g/mol. The lowest BCUT2D eigenvalue weighted by atomic mass is 10.3. The number of carbonyl (C=O) groups is 1. The second kappa shape index (κ2) is 5.12. The van der Waals surface area contributed by atoms with E-state index in [1.165, 1.54) is 10.4 Å². The van der Waals surface area contributed by atoms with Crippen molar-refractivity contribution in [1.82, 2.24) is 15.5 Å². The summed E-state index contributed by atoms with van der Waals surface area (Å²) in [7, 11) is 0. The summed E-state index contributed by atoms with van der Waals surface area (Å²) in [6.45, 7) is 4.63. The molecule has 2 aromatic heterocycles. The molecule has 2 aromatic rings. The number of rotatable bonds is 3. The van der Waals surface area contributed by atoms with E-state index in [9.17, 15) is 4.79 Å². The molecule has 0 aliphatic carbocycles. The molecule has 0 spiro atoms. The minimum absolute atomic E-state index is 0.238. The van der Waals surface area contributed by atoms with E-state index in [4.69, 9.17) is 11.6 Å². The fourth-order valence-electron chi connectivity index (χ4n) is 1.28. The Morgan fingerprint density at radius 1 is 1.41 bits per heavy atom. The zero-order valence-corrected chi connectivity index (χ0v) is 11.7. The van der Waals surface area contributed by atoms with Crippen LogP contribution in [0.25, 0.3) is 0 Å². The molecule has 1 N–H and O–H groups in total. The number of thiophene rings is 1. The molecule has 1 amide bonds. The van der Waals surface area contributed by atoms with Crippen LogP contribution in [0, 0.1) is 13.8 Å². The summed E-state index contributed by atoms with van der Waals surface area (Å²) >= 11 is 8.37. The van der Waals surface area contributed by atoms with Crippen LogP contribution in [0.5, 0.6) is 0 Å². The Labute approximate surface area is 112 Å². The van der Waals surface area contributed by atoms with E-state index in [0.717, 1.165) is 16.2 Å². The van der Waals surface area contributed by atoms with Crippen molar-refractivity contribution in [2.24, 2.45) is 0 Å². The summed E-state index contributed by atoms with van der Waals surface area (Å²) < 4.78 is 0.276. The van der Waals surface area contributed by atoms with Gasteiger partial charge in [-0.05, 0) is 37.1 Å². The van der Waals surface area contributed by atoms with Crippen molar-refractivity contribution in [2.45, 2.75) is 20.4 Å². The van der Waals surface area contributed by atoms with Crippen LogP contribution in [0.15, 0.2) is 6.07 Å². The molecule has 90 valence electrons. The lowest BCUT2D eigenvalue weighted by Crippen LogP contribution is -2.22. The molecule has 17 heavy (non-hydrogen) atoms. The Balaban J connectivity index is 1.96. The summed E-state index contributed by atoms with van der Waals surface area (Å²) in [5.41, 5.74) is 1.25. The van der Waals surface area contributed by atoms with Crippen LogP contribution in [-0.2, 0) is 6.54 Å². The summed E-state index contributed by atoms with van der Waals surface area (Å²) in [4.78, 5) is 14.1. The number of amides is 1. The molecule has 0 unspecified atom stereocenters. The van der Waals surface area contributed by atoms with Gasteiger partial charge in [0.15, 0.2) is 0 Å². The van der Waals surface area contributed by atoms with Crippen molar-refractivity contribution < 1.29 is 4.79 Å². The van der Waals surface area contributed by atoms with Gasteiger partial charge in [0.25, 0.3) is 5.91 Å². The molecule has 0 aliphatic rings. The number of hydrogen-bond donors (Lipinski definition) is 1. The zero-order valence-electron chi connectivity index (χ0n) is 9.28. The van der Waals surface area contributed by atoms with E-state index in [0.29, 0.717) is 11.6 Å². The summed E-state index contributed by atoms with van der Waals surface area (Å²) in [5, 5.41) is 10.3. The monoisotopic (exact) mass is 287 g/mol. The lowest BCUT2D eigenvalue weighted by Gasteiger charge is -1.99. The fourth-order valence-corrected chi connectivity index (χ4v) is 3.01. The van der Waals surface area contributed by atoms with Gasteiger partial charge in [-0.1, -0.05) is 11.3 Å². The highest BCUT2D eigenvalue weighted by molar-refractivity contribution is 7.17. The first-order valence-electron chi connectivity index (χ1n) is 4.89. The van der Waals surface area contributed by atoms with Gasteiger partial charge in [0.05, 0.1) is 6.54 Å². The highest BCUT2D eigenvalue weighted by Crippen LogP contribution is 2.20. The standard InChI is InChI=1S/C10H10ClN3OS2/c1-5-3-7(16-6(5)2)4-12-8(15)9-13-14-10(11)17-9/h3H,4H2,1-2H3,(H,12,15). The van der Waals surface area contributed by atoms with Crippen molar-refractivity contribution in [3.63, 3.8) is 0 Å². The predicted molar refractivity (Wildman–Crippen MR) is 69.9 cm³/mol. The molecule has 0 fully saturated rings. The normalized spacial score (nSPS) is 10.5. The Morgan fingerprint density at radius 3 is 2.71 bits per heavy atom. The molecule has 4 nitrogen and oxygen atoms in total. The molecule has 0 saturated carbocycles. The van der Waals surface area contributed by atoms with Crippen molar-refractivity contribution >= 4 is 40.2 Å². The SMILES string of the molecule is Cc1cc(CNC(=O)c2nnc(Cl)s2)sc1C. The van der Waals surface area contributed by atoms with Crippen molar-refractivity contribution in [3.8, 4) is 0 Å². The van der Waals surface area contributed by atoms with Crippen LogP contribution < -0.4 is 5.32 Å². The van der Waals surface area contributed by atoms with E-state index in [1.807, 2.05) is 0 Å². The predicted octanol–water partition coefficient (Wildman–Crippen LogP) is 2.80. The molecule has 0 bridgehead atoms. The van der Waals surface area contributed by atoms with Crippen LogP contribution in [0.1, 0.15) is 25.1 Å². The van der Waals surface area contributed by atoms with Gasteiger partial charge < -0.3 is 5.32 Å². The van der Waals surface area contributed by atoms with Gasteiger partial charge in [-0.2, -0.15) is 0 Å². The topological polar surface area (TPSA) is 54.9 Å². The van der Waals surface area contributed by atoms with Crippen LogP contribution >= 0.6 is 34.3 Å². The summed E-state index contributed by atoms with van der Waals surface area (Å²) in [6, 6.07) is 2.08. The molecule has 0 aromatic carbocycles. The molecule has 7 heteroatoms. The second-order valence-electron chi connectivity index (χ2n) is 3.49. The zero-order chi connectivity index (χ0) is 12.4. The van der Waals surface area contributed by atoms with Crippen LogP contribution in [-0.4, -0.2) is 16.1 Å². The highest BCUT2D eigenvalue weighted by atomic mass is 35.5. The maximum Gasteiger partial charge on any atom is 0.282 e. The van der Waals surface area contributed by atoms with Crippen molar-refractivity contribution in [3.05, 3.63) is 30.9 Å². The maximum absolute atomic E-state index is 11.7. The average Bonchev–Trinajstić information content (AvgIpc) is 2.83. The van der Waals surface area contributed by atoms with Gasteiger partial charge in [-0.15, -0.1) is 21.5 Å². The molecular formula is C10H10ClN3OS2. The molecule has 2 rings (SSSR count). The van der Waals surface area contributed by atoms with Crippen molar-refractivity contribution in [2.75, 3.05) is 0 Å². The minimum Gasteiger partial charge on any atom is -0.345 e. The number of halogens is 1. The number of aromatic nitrogens is 2. The number of carbonyl (C=O) groups excluding carboxylic acids is 1. The van der Waals surface area contributed by atoms with Crippen molar-refractivity contribution in [1.29, 1.82) is 0 Å². The minimum atomic E-state index is -0.238. The molecular weight excluding hydrogens is 278 g/mol. The van der Waals surface area contributed by atoms with Gasteiger partial charge >= 0.3 is 0 Å². The lowest BCUT2D eigenvalue weighted by molar-refractivity contribution is 0.0950. The largest absolute Gasteiger partial charge is 0.345 e. The third kappa shape index (κ3) is 3.02. The molecule has 0 radical (unpaired) electrons. The smallest absolute Gasteiger partial charge is 0.282 e. The highest BCUT2D eigenvalue weighted by Gasteiger charge is 2.12. The van der Waals surface area contributed by atoms with E-state index in [2.05, 4.69) is 35.4 Å². The Bertz CT molecular complexity index is 530. The van der Waals surface area contributed by atoms with Gasteiger partial charge in [-0.3, -0.25) is 4.79 Å². The first-order chi connectivity index (χ1) is 8.06.